The minimum atomic E-state index is -7.57. The van der Waals surface area contributed by atoms with Crippen LogP contribution in [-0.4, -0.2) is 67.4 Å². The van der Waals surface area contributed by atoms with Crippen molar-refractivity contribution in [1.29, 1.82) is 0 Å². The minimum Gasteiger partial charge on any atom is -0.743 e. The second-order valence-electron chi connectivity index (χ2n) is 7.34. The molecule has 0 aliphatic rings. The minimum absolute atomic E-state index is 0.239. The molecular formula is C18H19F11O6S2. The van der Waals surface area contributed by atoms with Gasteiger partial charge in [-0.25, -0.2) is 8.42 Å². The Morgan fingerprint density at radius 2 is 1.30 bits per heavy atom. The largest absolute Gasteiger partial charge is 0.743 e. The first-order valence-electron chi connectivity index (χ1n) is 9.17. The summed E-state index contributed by atoms with van der Waals surface area (Å²) in [7, 11) is -7.33. The Morgan fingerprint density at radius 3 is 1.59 bits per heavy atom. The number of aryl methyl sites for hydroxylation is 2. The van der Waals surface area contributed by atoms with Crippen LogP contribution < -0.4 is 4.74 Å². The van der Waals surface area contributed by atoms with Gasteiger partial charge in [0.1, 0.15) is 24.9 Å². The maximum Gasteiger partial charge on any atom is 0.426 e. The van der Waals surface area contributed by atoms with Crippen molar-refractivity contribution in [2.75, 3.05) is 19.1 Å². The summed E-state index contributed by atoms with van der Waals surface area (Å²) in [5, 5.41) is -7.26. The van der Waals surface area contributed by atoms with Crippen molar-refractivity contribution in [2.45, 2.75) is 55.1 Å². The zero-order valence-corrected chi connectivity index (χ0v) is 20.9. The van der Waals surface area contributed by atoms with E-state index in [1.54, 1.807) is 0 Å². The highest BCUT2D eigenvalue weighted by atomic mass is 32.2. The Labute approximate surface area is 206 Å². The summed E-state index contributed by atoms with van der Waals surface area (Å²) in [6.07, 6.45) is -8.25. The van der Waals surface area contributed by atoms with E-state index in [4.69, 9.17) is 4.74 Å². The Morgan fingerprint density at radius 1 is 0.892 bits per heavy atom. The number of rotatable bonds is 8. The van der Waals surface area contributed by atoms with Crippen molar-refractivity contribution in [3.05, 3.63) is 23.3 Å². The van der Waals surface area contributed by atoms with Crippen LogP contribution in [0.4, 0.5) is 48.3 Å². The van der Waals surface area contributed by atoms with Gasteiger partial charge in [-0.3, -0.25) is 4.79 Å². The van der Waals surface area contributed by atoms with Crippen molar-refractivity contribution in [3.63, 3.8) is 0 Å². The van der Waals surface area contributed by atoms with Crippen LogP contribution in [0.15, 0.2) is 17.0 Å². The molecular weight excluding hydrogens is 585 g/mol. The van der Waals surface area contributed by atoms with Crippen LogP contribution in [0.5, 0.6) is 5.75 Å². The van der Waals surface area contributed by atoms with Crippen molar-refractivity contribution in [3.8, 4) is 5.75 Å². The third-order valence-corrected chi connectivity index (χ3v) is 6.07. The molecule has 0 saturated heterocycles. The van der Waals surface area contributed by atoms with Crippen molar-refractivity contribution < 1.29 is 75.5 Å². The summed E-state index contributed by atoms with van der Waals surface area (Å²) >= 11 is 0. The number of carbonyl (C=O) groups excluding carboxylic acids is 1. The smallest absolute Gasteiger partial charge is 0.426 e. The molecule has 216 valence electrons. The number of benzene rings is 1. The summed E-state index contributed by atoms with van der Waals surface area (Å²) in [6.45, 7) is 2.13. The summed E-state index contributed by atoms with van der Waals surface area (Å²) in [5.74, 6) is -14.6. The number of ether oxygens (including phenoxy) is 2. The highest BCUT2D eigenvalue weighted by Gasteiger charge is 2.84. The normalized spacial score (nSPS) is 13.8. The van der Waals surface area contributed by atoms with Gasteiger partial charge in [0, 0.05) is 17.8 Å². The van der Waals surface area contributed by atoms with Crippen LogP contribution in [0.3, 0.4) is 0 Å². The van der Waals surface area contributed by atoms with E-state index in [1.165, 1.54) is 11.8 Å². The molecule has 6 nitrogen and oxygen atoms in total. The fraction of sp³-hybridized carbons (Fsp3) is 0.611. The average molecular weight is 604 g/mol. The monoisotopic (exact) mass is 604 g/mol. The second-order valence-corrected chi connectivity index (χ2v) is 10.9. The Balaban J connectivity index is 0.000000749. The number of carbonyl (C=O) groups is 1. The van der Waals surface area contributed by atoms with Crippen LogP contribution in [0.2, 0.25) is 0 Å². The first-order valence-corrected chi connectivity index (χ1v) is 12.6. The number of halogens is 11. The fourth-order valence-electron chi connectivity index (χ4n) is 2.24. The number of alkyl halides is 11. The Hall–Kier alpha value is -1.86. The molecule has 0 aliphatic carbocycles. The molecule has 1 rings (SSSR count). The van der Waals surface area contributed by atoms with E-state index in [1.807, 2.05) is 13.8 Å². The predicted molar refractivity (Wildman–Crippen MR) is 106 cm³/mol. The zero-order chi connectivity index (χ0) is 30.0. The number of hydrogen-bond acceptors (Lipinski definition) is 6. The van der Waals surface area contributed by atoms with Gasteiger partial charge >= 0.3 is 35.4 Å². The lowest BCUT2D eigenvalue weighted by Crippen LogP contribution is -2.65. The third-order valence-electron chi connectivity index (χ3n) is 4.01. The molecule has 0 saturated carbocycles. The van der Waals surface area contributed by atoms with Gasteiger partial charge in [-0.05, 0) is 37.1 Å². The van der Waals surface area contributed by atoms with Gasteiger partial charge in [-0.15, -0.1) is 0 Å². The van der Waals surface area contributed by atoms with E-state index < -0.39 is 46.1 Å². The van der Waals surface area contributed by atoms with E-state index in [0.717, 1.165) is 11.1 Å². The van der Waals surface area contributed by atoms with E-state index in [9.17, 15) is 66.1 Å². The van der Waals surface area contributed by atoms with Gasteiger partial charge in [0.15, 0.2) is 15.0 Å². The van der Waals surface area contributed by atoms with E-state index >= 15 is 0 Å². The molecule has 0 aromatic heterocycles. The highest BCUT2D eigenvalue weighted by molar-refractivity contribution is 7.95. The molecule has 0 fully saturated rings. The summed E-state index contributed by atoms with van der Waals surface area (Å²) < 4.78 is 172. The van der Waals surface area contributed by atoms with Gasteiger partial charge in [0.25, 0.3) is 0 Å². The lowest BCUT2D eigenvalue weighted by atomic mass is 10.1. The molecule has 1 aromatic carbocycles. The van der Waals surface area contributed by atoms with Crippen LogP contribution >= 0.6 is 0 Å². The molecule has 0 heterocycles. The lowest BCUT2D eigenvalue weighted by Gasteiger charge is -2.36. The topological polar surface area (TPSA) is 92.7 Å². The molecule has 0 spiro atoms. The van der Waals surface area contributed by atoms with Gasteiger partial charge in [0.05, 0.1) is 0 Å². The van der Waals surface area contributed by atoms with Crippen LogP contribution in [0.25, 0.3) is 0 Å². The second kappa shape index (κ2) is 11.5. The summed E-state index contributed by atoms with van der Waals surface area (Å²) in [4.78, 5) is 12.2. The Kier molecular flexibility index (Phi) is 10.9. The predicted octanol–water partition coefficient (Wildman–Crippen LogP) is 5.03. The summed E-state index contributed by atoms with van der Waals surface area (Å²) in [5.41, 5.74) is 2.06. The average Bonchev–Trinajstić information content (AvgIpc) is 2.67. The van der Waals surface area contributed by atoms with E-state index in [0.29, 0.717) is 5.75 Å². The van der Waals surface area contributed by atoms with Crippen molar-refractivity contribution in [1.82, 2.24) is 0 Å². The molecule has 0 unspecified atom stereocenters. The van der Waals surface area contributed by atoms with Crippen molar-refractivity contribution >= 4 is 27.0 Å². The van der Waals surface area contributed by atoms with Crippen molar-refractivity contribution in [2.24, 2.45) is 0 Å². The maximum absolute atomic E-state index is 12.7. The number of hydrogen-bond donors (Lipinski definition) is 0. The molecule has 37 heavy (non-hydrogen) atoms. The number of esters is 1. The first kappa shape index (κ1) is 35.1. The molecule has 0 amide bonds. The molecule has 0 N–H and O–H groups in total. The Bertz CT molecular complexity index is 1050. The van der Waals surface area contributed by atoms with Gasteiger partial charge < -0.3 is 14.0 Å². The lowest BCUT2D eigenvalue weighted by molar-refractivity contribution is -0.427. The molecule has 0 bridgehead atoms. The fourth-order valence-corrected chi connectivity index (χ4v) is 3.50. The van der Waals surface area contributed by atoms with Gasteiger partial charge in [-0.2, -0.15) is 48.3 Å². The van der Waals surface area contributed by atoms with Crippen LogP contribution in [0.1, 0.15) is 18.1 Å². The molecule has 0 atom stereocenters. The van der Waals surface area contributed by atoms with E-state index in [-0.39, 0.29) is 16.9 Å². The standard InChI is InChI=1S/C12H17O2S.C6H3F11O4S/c1-8-6-11(15(4)5)7-9(2)12(8)14-10(3)13;7-2(8,9)1-21-5(14,15)3(10,11)4(12,13)6(16,17)22(18,19)20/h6-7H,1-5H3;1H2,(H,18,19,20)/q+1;/p-1. The van der Waals surface area contributed by atoms with Crippen LogP contribution in [-0.2, 0) is 30.5 Å². The van der Waals surface area contributed by atoms with Gasteiger partial charge in [-0.1, -0.05) is 0 Å². The maximum atomic E-state index is 12.7. The quantitative estimate of drug-likeness (QED) is 0.136. The molecule has 1 aromatic rings. The summed E-state index contributed by atoms with van der Waals surface area (Å²) in [6, 6.07) is 4.18. The van der Waals surface area contributed by atoms with E-state index in [2.05, 4.69) is 29.4 Å². The SMILES string of the molecule is CC(=O)Oc1c(C)cc([S+](C)C)cc1C.O=S(=O)([O-])C(F)(F)C(F)(F)C(F)(F)C(F)(F)OCC(F)(F)F. The molecule has 0 radical (unpaired) electrons. The third kappa shape index (κ3) is 8.31. The molecule has 19 heteroatoms. The van der Waals surface area contributed by atoms with Gasteiger partial charge in [0.2, 0.25) is 0 Å². The zero-order valence-electron chi connectivity index (χ0n) is 19.3. The first-order chi connectivity index (χ1) is 16.1. The highest BCUT2D eigenvalue weighted by Crippen LogP contribution is 2.54. The van der Waals surface area contributed by atoms with Crippen LogP contribution in [0, 0.1) is 13.8 Å². The molecule has 0 aliphatic heterocycles.